The Kier molecular flexibility index (Phi) is 4.98. The van der Waals surface area contributed by atoms with Crippen molar-refractivity contribution in [2.45, 2.75) is 26.7 Å². The van der Waals surface area contributed by atoms with Crippen molar-refractivity contribution in [3.63, 3.8) is 0 Å². The van der Waals surface area contributed by atoms with Crippen LogP contribution in [0.1, 0.15) is 42.6 Å². The maximum atomic E-state index is 12.4. The highest BCUT2D eigenvalue weighted by Gasteiger charge is 2.17. The average molecular weight is 334 g/mol. The van der Waals surface area contributed by atoms with Gasteiger partial charge in [-0.15, -0.1) is 0 Å². The van der Waals surface area contributed by atoms with Gasteiger partial charge in [-0.05, 0) is 42.7 Å². The second kappa shape index (κ2) is 7.34. The molecule has 128 valence electrons. The summed E-state index contributed by atoms with van der Waals surface area (Å²) in [5.74, 6) is 0.0190. The van der Waals surface area contributed by atoms with Gasteiger partial charge in [-0.2, -0.15) is 0 Å². The molecule has 4 nitrogen and oxygen atoms in total. The third-order valence-corrected chi connectivity index (χ3v) is 4.10. The summed E-state index contributed by atoms with van der Waals surface area (Å²) in [4.78, 5) is 16.9. The van der Waals surface area contributed by atoms with Crippen LogP contribution in [0.25, 0.3) is 10.9 Å². The highest BCUT2D eigenvalue weighted by Crippen LogP contribution is 2.31. The molecule has 3 rings (SSSR count). The van der Waals surface area contributed by atoms with Crippen molar-refractivity contribution < 1.29 is 9.53 Å². The van der Waals surface area contributed by atoms with Gasteiger partial charge >= 0.3 is 5.97 Å². The lowest BCUT2D eigenvalue weighted by Crippen LogP contribution is -2.09. The number of ether oxygens (including phenoxy) is 1. The van der Waals surface area contributed by atoms with E-state index in [0.29, 0.717) is 18.1 Å². The lowest BCUT2D eigenvalue weighted by Gasteiger charge is -2.15. The summed E-state index contributed by atoms with van der Waals surface area (Å²) in [6.45, 7) is 6.42. The van der Waals surface area contributed by atoms with Gasteiger partial charge in [0.15, 0.2) is 0 Å². The molecule has 0 unspecified atom stereocenters. The average Bonchev–Trinajstić information content (AvgIpc) is 2.62. The SMILES string of the molecule is CCOC(=O)c1cnc2ccc(C(C)C)cc2c1Nc1ccccc1. The van der Waals surface area contributed by atoms with E-state index < -0.39 is 0 Å². The van der Waals surface area contributed by atoms with Crippen LogP contribution >= 0.6 is 0 Å². The van der Waals surface area contributed by atoms with Crippen LogP contribution in [0.3, 0.4) is 0 Å². The Labute approximate surface area is 147 Å². The summed E-state index contributed by atoms with van der Waals surface area (Å²) in [6, 6.07) is 16.0. The molecule has 1 heterocycles. The standard InChI is InChI=1S/C21H22N2O2/c1-4-25-21(24)18-13-22-19-11-10-15(14(2)3)12-17(19)20(18)23-16-8-6-5-7-9-16/h5-14H,4H2,1-3H3,(H,22,23). The highest BCUT2D eigenvalue weighted by atomic mass is 16.5. The number of hydrogen-bond acceptors (Lipinski definition) is 4. The molecule has 0 amide bonds. The summed E-state index contributed by atoms with van der Waals surface area (Å²) >= 11 is 0. The van der Waals surface area contributed by atoms with Crippen LogP contribution in [0.4, 0.5) is 11.4 Å². The Morgan fingerprint density at radius 3 is 2.60 bits per heavy atom. The Hall–Kier alpha value is -2.88. The molecular formula is C21H22N2O2. The first-order valence-corrected chi connectivity index (χ1v) is 8.52. The minimum absolute atomic E-state index is 0.327. The predicted molar refractivity (Wildman–Crippen MR) is 102 cm³/mol. The van der Waals surface area contributed by atoms with E-state index >= 15 is 0 Å². The Morgan fingerprint density at radius 2 is 1.92 bits per heavy atom. The van der Waals surface area contributed by atoms with E-state index in [1.165, 1.54) is 5.56 Å². The quantitative estimate of drug-likeness (QED) is 0.645. The maximum absolute atomic E-state index is 12.4. The molecule has 0 saturated carbocycles. The molecule has 0 atom stereocenters. The zero-order chi connectivity index (χ0) is 17.8. The van der Waals surface area contributed by atoms with Crippen LogP contribution in [-0.4, -0.2) is 17.6 Å². The number of esters is 1. The fourth-order valence-corrected chi connectivity index (χ4v) is 2.73. The molecule has 1 aromatic heterocycles. The predicted octanol–water partition coefficient (Wildman–Crippen LogP) is 5.28. The van der Waals surface area contributed by atoms with Gasteiger partial charge in [0.25, 0.3) is 0 Å². The van der Waals surface area contributed by atoms with Crippen molar-refractivity contribution in [2.24, 2.45) is 0 Å². The third-order valence-electron chi connectivity index (χ3n) is 4.10. The van der Waals surface area contributed by atoms with Gasteiger partial charge in [-0.1, -0.05) is 38.1 Å². The van der Waals surface area contributed by atoms with E-state index in [1.807, 2.05) is 36.4 Å². The number of hydrogen-bond donors (Lipinski definition) is 1. The molecule has 0 bridgehead atoms. The van der Waals surface area contributed by atoms with Crippen molar-refractivity contribution >= 4 is 28.2 Å². The number of fused-ring (bicyclic) bond motifs is 1. The van der Waals surface area contributed by atoms with Crippen LogP contribution < -0.4 is 5.32 Å². The molecule has 0 spiro atoms. The van der Waals surface area contributed by atoms with E-state index in [1.54, 1.807) is 13.1 Å². The molecule has 4 heteroatoms. The molecule has 0 aliphatic rings. The molecule has 0 saturated heterocycles. The molecule has 0 fully saturated rings. The Bertz CT molecular complexity index is 889. The molecule has 1 N–H and O–H groups in total. The van der Waals surface area contributed by atoms with Gasteiger partial charge < -0.3 is 10.1 Å². The number of nitrogens with zero attached hydrogens (tertiary/aromatic N) is 1. The molecule has 0 aliphatic heterocycles. The van der Waals surface area contributed by atoms with E-state index in [9.17, 15) is 4.79 Å². The number of para-hydroxylation sites is 1. The van der Waals surface area contributed by atoms with Crippen LogP contribution in [0, 0.1) is 0 Å². The van der Waals surface area contributed by atoms with Crippen LogP contribution in [-0.2, 0) is 4.74 Å². The van der Waals surface area contributed by atoms with Crippen LogP contribution in [0.2, 0.25) is 0 Å². The number of benzene rings is 2. The lowest BCUT2D eigenvalue weighted by molar-refractivity contribution is 0.0527. The first-order valence-electron chi connectivity index (χ1n) is 8.52. The van der Waals surface area contributed by atoms with Crippen LogP contribution in [0.5, 0.6) is 0 Å². The number of nitrogens with one attached hydrogen (secondary N) is 1. The maximum Gasteiger partial charge on any atom is 0.341 e. The number of anilines is 2. The molecule has 25 heavy (non-hydrogen) atoms. The van der Waals surface area contributed by atoms with E-state index in [4.69, 9.17) is 4.74 Å². The smallest absolute Gasteiger partial charge is 0.341 e. The highest BCUT2D eigenvalue weighted by molar-refractivity contribution is 6.06. The zero-order valence-corrected chi connectivity index (χ0v) is 14.7. The lowest BCUT2D eigenvalue weighted by atomic mass is 9.99. The first kappa shape index (κ1) is 17.0. The number of aromatic nitrogens is 1. The van der Waals surface area contributed by atoms with Crippen molar-refractivity contribution in [2.75, 3.05) is 11.9 Å². The number of pyridine rings is 1. The van der Waals surface area contributed by atoms with Gasteiger partial charge in [0.1, 0.15) is 5.56 Å². The molecular weight excluding hydrogens is 312 g/mol. The molecule has 0 radical (unpaired) electrons. The molecule has 3 aromatic rings. The summed E-state index contributed by atoms with van der Waals surface area (Å²) in [5.41, 5.74) is 4.13. The Balaban J connectivity index is 2.20. The third kappa shape index (κ3) is 3.63. The first-order chi connectivity index (χ1) is 12.1. The van der Waals surface area contributed by atoms with Gasteiger partial charge in [-0.25, -0.2) is 4.79 Å². The number of carbonyl (C=O) groups is 1. The van der Waals surface area contributed by atoms with E-state index in [2.05, 4.69) is 36.3 Å². The van der Waals surface area contributed by atoms with Gasteiger partial charge in [-0.3, -0.25) is 4.98 Å². The van der Waals surface area contributed by atoms with E-state index in [-0.39, 0.29) is 5.97 Å². The monoisotopic (exact) mass is 334 g/mol. The second-order valence-corrected chi connectivity index (χ2v) is 6.19. The van der Waals surface area contributed by atoms with E-state index in [0.717, 1.165) is 22.3 Å². The number of carbonyl (C=O) groups excluding carboxylic acids is 1. The second-order valence-electron chi connectivity index (χ2n) is 6.19. The number of rotatable bonds is 5. The van der Waals surface area contributed by atoms with Crippen molar-refractivity contribution in [1.82, 2.24) is 4.98 Å². The van der Waals surface area contributed by atoms with Gasteiger partial charge in [0.05, 0.1) is 17.8 Å². The van der Waals surface area contributed by atoms with Crippen molar-refractivity contribution in [1.29, 1.82) is 0 Å². The summed E-state index contributed by atoms with van der Waals surface area (Å²) in [6.07, 6.45) is 1.58. The topological polar surface area (TPSA) is 51.2 Å². The van der Waals surface area contributed by atoms with Gasteiger partial charge in [0.2, 0.25) is 0 Å². The fourth-order valence-electron chi connectivity index (χ4n) is 2.73. The van der Waals surface area contributed by atoms with Crippen molar-refractivity contribution in [3.8, 4) is 0 Å². The fraction of sp³-hybridized carbons (Fsp3) is 0.238. The summed E-state index contributed by atoms with van der Waals surface area (Å²) in [7, 11) is 0. The zero-order valence-electron chi connectivity index (χ0n) is 14.7. The minimum Gasteiger partial charge on any atom is -0.462 e. The minimum atomic E-state index is -0.370. The largest absolute Gasteiger partial charge is 0.462 e. The summed E-state index contributed by atoms with van der Waals surface area (Å²) in [5, 5.41) is 4.30. The van der Waals surface area contributed by atoms with Crippen molar-refractivity contribution in [3.05, 3.63) is 65.9 Å². The van der Waals surface area contributed by atoms with Crippen LogP contribution in [0.15, 0.2) is 54.7 Å². The summed E-state index contributed by atoms with van der Waals surface area (Å²) < 4.78 is 5.21. The molecule has 0 aliphatic carbocycles. The van der Waals surface area contributed by atoms with Gasteiger partial charge in [0, 0.05) is 17.3 Å². The Morgan fingerprint density at radius 1 is 1.16 bits per heavy atom. The normalized spacial score (nSPS) is 10.9. The molecule has 2 aromatic carbocycles.